The summed E-state index contributed by atoms with van der Waals surface area (Å²) in [6.45, 7) is 6.23. The molecule has 0 aliphatic heterocycles. The van der Waals surface area contributed by atoms with Crippen molar-refractivity contribution in [3.63, 3.8) is 0 Å². The highest BCUT2D eigenvalue weighted by Crippen LogP contribution is 2.23. The van der Waals surface area contributed by atoms with Gasteiger partial charge in [0.1, 0.15) is 16.8 Å². The largest absolute Gasteiger partial charge is 0.340 e. The van der Waals surface area contributed by atoms with Gasteiger partial charge in [0.2, 0.25) is 0 Å². The lowest BCUT2D eigenvalue weighted by Gasteiger charge is -2.12. The van der Waals surface area contributed by atoms with Crippen molar-refractivity contribution < 1.29 is 0 Å². The highest BCUT2D eigenvalue weighted by atomic mass is 35.5. The topological polar surface area (TPSA) is 37.8 Å². The van der Waals surface area contributed by atoms with Gasteiger partial charge in [0.15, 0.2) is 0 Å². The highest BCUT2D eigenvalue weighted by molar-refractivity contribution is 6.29. The summed E-state index contributed by atoms with van der Waals surface area (Å²) in [7, 11) is 0. The van der Waals surface area contributed by atoms with E-state index in [0.717, 1.165) is 23.8 Å². The molecular formula is C15H18ClN3. The molecule has 19 heavy (non-hydrogen) atoms. The van der Waals surface area contributed by atoms with Crippen molar-refractivity contribution in [1.29, 1.82) is 0 Å². The minimum Gasteiger partial charge on any atom is -0.340 e. The Balaban J connectivity index is 2.32. The fourth-order valence-electron chi connectivity index (χ4n) is 1.85. The Morgan fingerprint density at radius 2 is 1.95 bits per heavy atom. The van der Waals surface area contributed by atoms with E-state index >= 15 is 0 Å². The zero-order chi connectivity index (χ0) is 13.8. The number of rotatable bonds is 4. The number of anilines is 2. The molecule has 0 bridgehead atoms. The van der Waals surface area contributed by atoms with Crippen LogP contribution >= 0.6 is 11.6 Å². The van der Waals surface area contributed by atoms with Crippen LogP contribution in [0.4, 0.5) is 11.5 Å². The molecule has 0 unspecified atom stereocenters. The summed E-state index contributed by atoms with van der Waals surface area (Å²) < 4.78 is 0. The molecule has 2 aromatic rings. The Kier molecular flexibility index (Phi) is 4.38. The third-order valence-corrected chi connectivity index (χ3v) is 3.08. The maximum atomic E-state index is 6.04. The Morgan fingerprint density at radius 1 is 1.21 bits per heavy atom. The van der Waals surface area contributed by atoms with E-state index in [1.165, 1.54) is 5.56 Å². The second-order valence-electron chi connectivity index (χ2n) is 4.72. The van der Waals surface area contributed by atoms with E-state index in [-0.39, 0.29) is 5.92 Å². The fraction of sp³-hybridized carbons (Fsp3) is 0.333. The molecule has 0 saturated heterocycles. The number of aryl methyl sites for hydroxylation is 1. The molecule has 0 fully saturated rings. The molecule has 0 amide bonds. The third-order valence-electron chi connectivity index (χ3n) is 2.89. The summed E-state index contributed by atoms with van der Waals surface area (Å²) in [5.41, 5.74) is 2.32. The molecule has 100 valence electrons. The molecule has 0 aliphatic carbocycles. The van der Waals surface area contributed by atoms with Gasteiger partial charge in [-0.3, -0.25) is 0 Å². The van der Waals surface area contributed by atoms with E-state index in [2.05, 4.69) is 42.1 Å². The van der Waals surface area contributed by atoms with Gasteiger partial charge in [0.05, 0.1) is 0 Å². The summed E-state index contributed by atoms with van der Waals surface area (Å²) in [4.78, 5) is 8.73. The van der Waals surface area contributed by atoms with Crippen LogP contribution in [0.25, 0.3) is 0 Å². The molecule has 0 spiro atoms. The van der Waals surface area contributed by atoms with Gasteiger partial charge in [-0.15, -0.1) is 0 Å². The summed E-state index contributed by atoms with van der Waals surface area (Å²) in [6.07, 6.45) is 0.971. The zero-order valence-corrected chi connectivity index (χ0v) is 12.2. The number of benzene rings is 1. The number of halogens is 1. The average molecular weight is 276 g/mol. The number of nitrogens with zero attached hydrogens (tertiary/aromatic N) is 2. The van der Waals surface area contributed by atoms with Crippen LogP contribution < -0.4 is 5.32 Å². The third kappa shape index (κ3) is 3.44. The van der Waals surface area contributed by atoms with Crippen LogP contribution in [0.3, 0.4) is 0 Å². The molecule has 4 heteroatoms. The lowest BCUT2D eigenvalue weighted by Crippen LogP contribution is -2.03. The van der Waals surface area contributed by atoms with Crippen LogP contribution in [-0.2, 0) is 6.42 Å². The molecule has 1 N–H and O–H groups in total. The molecule has 1 heterocycles. The van der Waals surface area contributed by atoms with E-state index in [9.17, 15) is 0 Å². The average Bonchev–Trinajstić information content (AvgIpc) is 2.38. The normalized spacial score (nSPS) is 10.8. The first-order valence-electron chi connectivity index (χ1n) is 6.49. The first-order chi connectivity index (χ1) is 9.10. The van der Waals surface area contributed by atoms with E-state index in [1.54, 1.807) is 6.07 Å². The summed E-state index contributed by atoms with van der Waals surface area (Å²) in [5, 5.41) is 3.79. The predicted molar refractivity (Wildman–Crippen MR) is 80.2 cm³/mol. The van der Waals surface area contributed by atoms with Gasteiger partial charge in [-0.2, -0.15) is 0 Å². The first kappa shape index (κ1) is 13.8. The predicted octanol–water partition coefficient (Wildman–Crippen LogP) is 4.56. The molecule has 0 saturated carbocycles. The Morgan fingerprint density at radius 3 is 2.63 bits per heavy atom. The van der Waals surface area contributed by atoms with Crippen molar-refractivity contribution in [2.24, 2.45) is 0 Å². The molecular weight excluding hydrogens is 258 g/mol. The van der Waals surface area contributed by atoms with Gasteiger partial charge in [0.25, 0.3) is 0 Å². The van der Waals surface area contributed by atoms with Gasteiger partial charge in [0, 0.05) is 17.7 Å². The molecule has 0 aliphatic rings. The zero-order valence-electron chi connectivity index (χ0n) is 11.4. The minimum atomic E-state index is 0.251. The van der Waals surface area contributed by atoms with Gasteiger partial charge >= 0.3 is 0 Å². The lowest BCUT2D eigenvalue weighted by atomic mass is 10.1. The summed E-state index contributed by atoms with van der Waals surface area (Å²) >= 11 is 6.04. The molecule has 3 nitrogen and oxygen atoms in total. The Bertz CT molecular complexity index is 567. The maximum Gasteiger partial charge on any atom is 0.135 e. The molecule has 2 rings (SSSR count). The van der Waals surface area contributed by atoms with Crippen molar-refractivity contribution in [2.45, 2.75) is 33.1 Å². The second kappa shape index (κ2) is 6.02. The summed E-state index contributed by atoms with van der Waals surface area (Å²) in [6, 6.07) is 9.95. The number of hydrogen-bond acceptors (Lipinski definition) is 3. The summed E-state index contributed by atoms with van der Waals surface area (Å²) in [5.74, 6) is 1.74. The molecule has 0 radical (unpaired) electrons. The fourth-order valence-corrected chi connectivity index (χ4v) is 2.04. The maximum absolute atomic E-state index is 6.04. The monoisotopic (exact) mass is 275 g/mol. The lowest BCUT2D eigenvalue weighted by molar-refractivity contribution is 0.776. The number of para-hydroxylation sites is 1. The number of hydrogen-bond donors (Lipinski definition) is 1. The first-order valence-corrected chi connectivity index (χ1v) is 6.87. The van der Waals surface area contributed by atoms with Crippen LogP contribution in [0.15, 0.2) is 30.3 Å². The van der Waals surface area contributed by atoms with Crippen LogP contribution in [0.1, 0.15) is 38.1 Å². The smallest absolute Gasteiger partial charge is 0.135 e. The highest BCUT2D eigenvalue weighted by Gasteiger charge is 2.08. The van der Waals surface area contributed by atoms with Gasteiger partial charge in [-0.05, 0) is 18.1 Å². The van der Waals surface area contributed by atoms with E-state index in [4.69, 9.17) is 11.6 Å². The Hall–Kier alpha value is -1.61. The van der Waals surface area contributed by atoms with Crippen LogP contribution in [-0.4, -0.2) is 9.97 Å². The van der Waals surface area contributed by atoms with Gasteiger partial charge in [-0.25, -0.2) is 9.97 Å². The number of nitrogens with one attached hydrogen (secondary N) is 1. The molecule has 1 aromatic carbocycles. The number of aromatic nitrogens is 2. The van der Waals surface area contributed by atoms with Crippen LogP contribution in [0, 0.1) is 0 Å². The van der Waals surface area contributed by atoms with E-state index in [0.29, 0.717) is 5.15 Å². The van der Waals surface area contributed by atoms with E-state index < -0.39 is 0 Å². The van der Waals surface area contributed by atoms with Gasteiger partial charge in [-0.1, -0.05) is 50.6 Å². The quantitative estimate of drug-likeness (QED) is 0.831. The van der Waals surface area contributed by atoms with Gasteiger partial charge < -0.3 is 5.32 Å². The van der Waals surface area contributed by atoms with Crippen molar-refractivity contribution in [3.05, 3.63) is 46.9 Å². The van der Waals surface area contributed by atoms with Crippen molar-refractivity contribution in [1.82, 2.24) is 9.97 Å². The Labute approximate surface area is 119 Å². The van der Waals surface area contributed by atoms with Crippen molar-refractivity contribution in [2.75, 3.05) is 5.32 Å². The standard InChI is InChI=1S/C15H18ClN3/c1-4-11-7-5-6-8-12(11)17-14-9-13(16)18-15(19-14)10(2)3/h5-10H,4H2,1-3H3,(H,17,18,19). The van der Waals surface area contributed by atoms with Crippen LogP contribution in [0.2, 0.25) is 5.15 Å². The molecule has 1 aromatic heterocycles. The van der Waals surface area contributed by atoms with Crippen molar-refractivity contribution >= 4 is 23.1 Å². The van der Waals surface area contributed by atoms with Crippen molar-refractivity contribution in [3.8, 4) is 0 Å². The second-order valence-corrected chi connectivity index (χ2v) is 5.11. The minimum absolute atomic E-state index is 0.251. The van der Waals surface area contributed by atoms with E-state index in [1.807, 2.05) is 18.2 Å². The van der Waals surface area contributed by atoms with Crippen LogP contribution in [0.5, 0.6) is 0 Å². The molecule has 0 atom stereocenters. The SMILES string of the molecule is CCc1ccccc1Nc1cc(Cl)nc(C(C)C)n1.